The van der Waals surface area contributed by atoms with Crippen molar-refractivity contribution in [3.8, 4) is 11.6 Å². The fraction of sp³-hybridized carbons (Fsp3) is 0.0833. The second kappa shape index (κ2) is 5.46. The van der Waals surface area contributed by atoms with Crippen molar-refractivity contribution in [2.75, 3.05) is 0 Å². The van der Waals surface area contributed by atoms with E-state index in [0.717, 1.165) is 21.1 Å². The molecular formula is C12H9Br2NO. The maximum Gasteiger partial charge on any atom is 0.223 e. The molecule has 0 atom stereocenters. The number of hydrogen-bond acceptors (Lipinski definition) is 2. The van der Waals surface area contributed by atoms with E-state index < -0.39 is 0 Å². The highest BCUT2D eigenvalue weighted by Crippen LogP contribution is 2.26. The van der Waals surface area contributed by atoms with Gasteiger partial charge in [0, 0.05) is 21.6 Å². The average Bonchev–Trinajstić information content (AvgIpc) is 2.30. The van der Waals surface area contributed by atoms with Gasteiger partial charge in [0.1, 0.15) is 5.75 Å². The summed E-state index contributed by atoms with van der Waals surface area (Å²) in [5.74, 6) is 1.41. The van der Waals surface area contributed by atoms with Crippen molar-refractivity contribution in [2.45, 2.75) is 5.33 Å². The van der Waals surface area contributed by atoms with Crippen LogP contribution < -0.4 is 4.74 Å². The molecule has 0 aliphatic carbocycles. The third-order valence-electron chi connectivity index (χ3n) is 2.00. The zero-order valence-electron chi connectivity index (χ0n) is 8.36. The number of halogens is 2. The Balaban J connectivity index is 2.26. The molecule has 0 N–H and O–H groups in total. The summed E-state index contributed by atoms with van der Waals surface area (Å²) in [6.07, 6.45) is 1.72. The average molecular weight is 343 g/mol. The monoisotopic (exact) mass is 341 g/mol. The second-order valence-corrected chi connectivity index (χ2v) is 4.64. The van der Waals surface area contributed by atoms with Gasteiger partial charge in [0.25, 0.3) is 0 Å². The molecule has 0 spiro atoms. The number of aromatic nitrogens is 1. The molecule has 1 aromatic carbocycles. The van der Waals surface area contributed by atoms with Crippen LogP contribution in [0.1, 0.15) is 5.56 Å². The summed E-state index contributed by atoms with van der Waals surface area (Å²) < 4.78 is 6.70. The molecule has 0 aliphatic heterocycles. The minimum Gasteiger partial charge on any atom is -0.439 e. The molecule has 0 fully saturated rings. The van der Waals surface area contributed by atoms with Crippen molar-refractivity contribution in [1.29, 1.82) is 0 Å². The molecule has 0 amide bonds. The molecule has 4 heteroatoms. The predicted octanol–water partition coefficient (Wildman–Crippen LogP) is 4.53. The van der Waals surface area contributed by atoms with Crippen LogP contribution in [0, 0.1) is 0 Å². The van der Waals surface area contributed by atoms with Crippen molar-refractivity contribution in [2.24, 2.45) is 0 Å². The highest BCUT2D eigenvalue weighted by molar-refractivity contribution is 9.10. The van der Waals surface area contributed by atoms with Gasteiger partial charge < -0.3 is 4.74 Å². The van der Waals surface area contributed by atoms with Crippen LogP contribution in [0.15, 0.2) is 47.1 Å². The molecule has 0 bridgehead atoms. The topological polar surface area (TPSA) is 22.1 Å². The van der Waals surface area contributed by atoms with Crippen LogP contribution in [0.4, 0.5) is 0 Å². The molecule has 0 aliphatic rings. The van der Waals surface area contributed by atoms with Gasteiger partial charge in [0.05, 0.1) is 0 Å². The van der Waals surface area contributed by atoms with E-state index in [1.165, 1.54) is 0 Å². The largest absolute Gasteiger partial charge is 0.439 e. The Labute approximate surface area is 111 Å². The molecule has 2 aromatic rings. The molecule has 0 saturated carbocycles. The lowest BCUT2D eigenvalue weighted by atomic mass is 10.3. The minimum atomic E-state index is 0.637. The summed E-state index contributed by atoms with van der Waals surface area (Å²) in [5.41, 5.74) is 1.03. The van der Waals surface area contributed by atoms with E-state index in [0.29, 0.717) is 5.88 Å². The maximum absolute atomic E-state index is 5.71. The number of benzene rings is 1. The van der Waals surface area contributed by atoms with Gasteiger partial charge in [-0.3, -0.25) is 0 Å². The SMILES string of the molecule is BrCc1cccnc1Oc1cccc(Br)c1. The molecule has 0 unspecified atom stereocenters. The van der Waals surface area contributed by atoms with Gasteiger partial charge in [-0.15, -0.1) is 0 Å². The fourth-order valence-corrected chi connectivity index (χ4v) is 2.06. The van der Waals surface area contributed by atoms with Crippen molar-refractivity contribution in [3.63, 3.8) is 0 Å². The van der Waals surface area contributed by atoms with Crippen molar-refractivity contribution >= 4 is 31.9 Å². The third-order valence-corrected chi connectivity index (χ3v) is 3.10. The molecule has 2 nitrogen and oxygen atoms in total. The first-order valence-electron chi connectivity index (χ1n) is 4.73. The highest BCUT2D eigenvalue weighted by atomic mass is 79.9. The van der Waals surface area contributed by atoms with Crippen LogP contribution in [-0.2, 0) is 5.33 Å². The first-order valence-corrected chi connectivity index (χ1v) is 6.64. The summed E-state index contributed by atoms with van der Waals surface area (Å²) in [6.45, 7) is 0. The van der Waals surface area contributed by atoms with Gasteiger partial charge >= 0.3 is 0 Å². The van der Waals surface area contributed by atoms with E-state index in [-0.39, 0.29) is 0 Å². The Morgan fingerprint density at radius 2 is 2.06 bits per heavy atom. The molecule has 16 heavy (non-hydrogen) atoms. The Bertz CT molecular complexity index is 488. The molecule has 1 heterocycles. The van der Waals surface area contributed by atoms with E-state index in [9.17, 15) is 0 Å². The second-order valence-electron chi connectivity index (χ2n) is 3.16. The van der Waals surface area contributed by atoms with Gasteiger partial charge in [-0.05, 0) is 24.3 Å². The summed E-state index contributed by atoms with van der Waals surface area (Å²) in [4.78, 5) is 4.21. The Morgan fingerprint density at radius 1 is 1.19 bits per heavy atom. The van der Waals surface area contributed by atoms with Crippen molar-refractivity contribution in [3.05, 3.63) is 52.6 Å². The lowest BCUT2D eigenvalue weighted by Crippen LogP contribution is -1.92. The van der Waals surface area contributed by atoms with E-state index in [1.807, 2.05) is 36.4 Å². The third kappa shape index (κ3) is 2.83. The van der Waals surface area contributed by atoms with Gasteiger partial charge in [-0.2, -0.15) is 0 Å². The first kappa shape index (κ1) is 11.6. The molecular weight excluding hydrogens is 334 g/mol. The Hall–Kier alpha value is -0.870. The van der Waals surface area contributed by atoms with Crippen molar-refractivity contribution < 1.29 is 4.74 Å². The quantitative estimate of drug-likeness (QED) is 0.764. The fourth-order valence-electron chi connectivity index (χ4n) is 1.26. The summed E-state index contributed by atoms with van der Waals surface area (Å²) in [5, 5.41) is 0.726. The summed E-state index contributed by atoms with van der Waals surface area (Å²) >= 11 is 6.81. The number of alkyl halides is 1. The molecule has 2 rings (SSSR count). The lowest BCUT2D eigenvalue weighted by molar-refractivity contribution is 0.458. The number of hydrogen-bond donors (Lipinski definition) is 0. The number of nitrogens with zero attached hydrogens (tertiary/aromatic N) is 1. The molecule has 0 saturated heterocycles. The standard InChI is InChI=1S/C12H9Br2NO/c13-8-9-3-2-6-15-12(9)16-11-5-1-4-10(14)7-11/h1-7H,8H2. The number of rotatable bonds is 3. The van der Waals surface area contributed by atoms with Crippen LogP contribution in [0.2, 0.25) is 0 Å². The predicted molar refractivity (Wildman–Crippen MR) is 71.1 cm³/mol. The summed E-state index contributed by atoms with van der Waals surface area (Å²) in [6, 6.07) is 11.6. The van der Waals surface area contributed by atoms with Crippen molar-refractivity contribution in [1.82, 2.24) is 4.98 Å². The zero-order chi connectivity index (χ0) is 11.4. The van der Waals surface area contributed by atoms with E-state index in [1.54, 1.807) is 6.20 Å². The van der Waals surface area contributed by atoms with Crippen LogP contribution in [-0.4, -0.2) is 4.98 Å². The molecule has 0 radical (unpaired) electrons. The number of pyridine rings is 1. The van der Waals surface area contributed by atoms with Gasteiger partial charge in [0.2, 0.25) is 5.88 Å². The minimum absolute atomic E-state index is 0.637. The van der Waals surface area contributed by atoms with Crippen LogP contribution in [0.3, 0.4) is 0 Å². The molecule has 82 valence electrons. The summed E-state index contributed by atoms with van der Waals surface area (Å²) in [7, 11) is 0. The smallest absolute Gasteiger partial charge is 0.223 e. The van der Waals surface area contributed by atoms with Crippen LogP contribution >= 0.6 is 31.9 Å². The van der Waals surface area contributed by atoms with Gasteiger partial charge in [-0.25, -0.2) is 4.98 Å². The van der Waals surface area contributed by atoms with Crippen LogP contribution in [0.25, 0.3) is 0 Å². The number of ether oxygens (including phenoxy) is 1. The zero-order valence-corrected chi connectivity index (χ0v) is 11.5. The van der Waals surface area contributed by atoms with E-state index >= 15 is 0 Å². The normalized spacial score (nSPS) is 10.1. The Kier molecular flexibility index (Phi) is 3.96. The van der Waals surface area contributed by atoms with Crippen LogP contribution in [0.5, 0.6) is 11.6 Å². The van der Waals surface area contributed by atoms with Gasteiger partial charge in [0.15, 0.2) is 0 Å². The van der Waals surface area contributed by atoms with Gasteiger partial charge in [-0.1, -0.05) is 44.0 Å². The first-order chi connectivity index (χ1) is 7.79. The Morgan fingerprint density at radius 3 is 2.81 bits per heavy atom. The lowest BCUT2D eigenvalue weighted by Gasteiger charge is -2.07. The maximum atomic E-state index is 5.71. The highest BCUT2D eigenvalue weighted by Gasteiger charge is 2.04. The van der Waals surface area contributed by atoms with E-state index in [2.05, 4.69) is 36.8 Å². The molecule has 1 aromatic heterocycles. The van der Waals surface area contributed by atoms with E-state index in [4.69, 9.17) is 4.74 Å².